The second kappa shape index (κ2) is 2.24. The van der Waals surface area contributed by atoms with E-state index in [4.69, 9.17) is 10.5 Å². The van der Waals surface area contributed by atoms with Gasteiger partial charge in [-0.2, -0.15) is 0 Å². The highest BCUT2D eigenvalue weighted by Gasteiger charge is 2.20. The number of hydrogen-bond donors (Lipinski definition) is 1. The minimum Gasteiger partial charge on any atom is -0.491 e. The highest BCUT2D eigenvalue weighted by atomic mass is 16.5. The molecule has 0 fully saturated rings. The van der Waals surface area contributed by atoms with Crippen molar-refractivity contribution in [3.63, 3.8) is 0 Å². The highest BCUT2D eigenvalue weighted by Crippen LogP contribution is 2.33. The van der Waals surface area contributed by atoms with Gasteiger partial charge in [-0.1, -0.05) is 18.2 Å². The van der Waals surface area contributed by atoms with Crippen LogP contribution in [0.15, 0.2) is 18.2 Å². The number of aryl methyl sites for hydroxylation is 1. The van der Waals surface area contributed by atoms with E-state index >= 15 is 0 Å². The fourth-order valence-electron chi connectivity index (χ4n) is 1.43. The largest absolute Gasteiger partial charge is 0.491 e. The zero-order valence-electron chi connectivity index (χ0n) is 6.50. The summed E-state index contributed by atoms with van der Waals surface area (Å²) in [4.78, 5) is 0. The van der Waals surface area contributed by atoms with Gasteiger partial charge >= 0.3 is 0 Å². The summed E-state index contributed by atoms with van der Waals surface area (Å²) in [5.74, 6) is 0.986. The number of benzene rings is 1. The van der Waals surface area contributed by atoms with Crippen LogP contribution in [-0.2, 0) is 0 Å². The van der Waals surface area contributed by atoms with Crippen LogP contribution in [0, 0.1) is 6.92 Å². The minimum absolute atomic E-state index is 0.0740. The predicted octanol–water partition coefficient (Wildman–Crippen LogP) is 1.39. The molecular formula is C9H11NO. The molecule has 0 aliphatic carbocycles. The van der Waals surface area contributed by atoms with Gasteiger partial charge < -0.3 is 10.5 Å². The van der Waals surface area contributed by atoms with Gasteiger partial charge in [-0.3, -0.25) is 0 Å². The maximum atomic E-state index is 5.79. The lowest BCUT2D eigenvalue weighted by Gasteiger charge is -2.01. The number of hydrogen-bond acceptors (Lipinski definition) is 2. The van der Waals surface area contributed by atoms with Gasteiger partial charge in [-0.25, -0.2) is 0 Å². The standard InChI is InChI=1S/C9H11NO/c1-6-3-2-4-7-8(10)5-11-9(6)7/h2-4,8H,5,10H2,1H3/t8-/m0/s1. The zero-order chi connectivity index (χ0) is 7.84. The van der Waals surface area contributed by atoms with Crippen LogP contribution >= 0.6 is 0 Å². The second-order valence-electron chi connectivity index (χ2n) is 2.91. The van der Waals surface area contributed by atoms with E-state index < -0.39 is 0 Å². The molecule has 1 atom stereocenters. The molecule has 0 bridgehead atoms. The molecule has 1 aromatic rings. The molecule has 0 aromatic heterocycles. The van der Waals surface area contributed by atoms with Gasteiger partial charge in [0.25, 0.3) is 0 Å². The summed E-state index contributed by atoms with van der Waals surface area (Å²) in [6.07, 6.45) is 0. The lowest BCUT2D eigenvalue weighted by molar-refractivity contribution is 0.331. The molecule has 0 radical (unpaired) electrons. The van der Waals surface area contributed by atoms with Crippen molar-refractivity contribution in [2.24, 2.45) is 5.73 Å². The third kappa shape index (κ3) is 0.906. The summed E-state index contributed by atoms with van der Waals surface area (Å²) >= 11 is 0. The highest BCUT2D eigenvalue weighted by molar-refractivity contribution is 5.45. The van der Waals surface area contributed by atoms with Crippen LogP contribution in [-0.4, -0.2) is 6.61 Å². The van der Waals surface area contributed by atoms with E-state index in [1.807, 2.05) is 25.1 Å². The van der Waals surface area contributed by atoms with E-state index in [-0.39, 0.29) is 6.04 Å². The topological polar surface area (TPSA) is 35.2 Å². The molecule has 2 nitrogen and oxygen atoms in total. The maximum absolute atomic E-state index is 5.79. The van der Waals surface area contributed by atoms with Gasteiger partial charge in [0.05, 0.1) is 6.04 Å². The van der Waals surface area contributed by atoms with Gasteiger partial charge in [0.15, 0.2) is 0 Å². The van der Waals surface area contributed by atoms with Crippen molar-refractivity contribution < 1.29 is 4.74 Å². The summed E-state index contributed by atoms with van der Waals surface area (Å²) in [7, 11) is 0. The molecular weight excluding hydrogens is 138 g/mol. The third-order valence-electron chi connectivity index (χ3n) is 2.05. The Balaban J connectivity index is 2.57. The molecule has 1 aromatic carbocycles. The average molecular weight is 149 g/mol. The molecule has 58 valence electrons. The molecule has 0 spiro atoms. The third-order valence-corrected chi connectivity index (χ3v) is 2.05. The first kappa shape index (κ1) is 6.68. The van der Waals surface area contributed by atoms with Crippen LogP contribution in [0.4, 0.5) is 0 Å². The quantitative estimate of drug-likeness (QED) is 0.605. The van der Waals surface area contributed by atoms with E-state index in [0.717, 1.165) is 11.3 Å². The Hall–Kier alpha value is -1.02. The van der Waals surface area contributed by atoms with E-state index in [0.29, 0.717) is 6.61 Å². The number of rotatable bonds is 0. The Morgan fingerprint density at radius 2 is 2.36 bits per heavy atom. The summed E-state index contributed by atoms with van der Waals surface area (Å²) in [5.41, 5.74) is 8.11. The van der Waals surface area contributed by atoms with E-state index in [2.05, 4.69) is 0 Å². The summed E-state index contributed by atoms with van der Waals surface area (Å²) in [6, 6.07) is 6.16. The molecule has 0 saturated carbocycles. The number of nitrogens with two attached hydrogens (primary N) is 1. The van der Waals surface area contributed by atoms with Crippen molar-refractivity contribution in [2.75, 3.05) is 6.61 Å². The minimum atomic E-state index is 0.0740. The predicted molar refractivity (Wildman–Crippen MR) is 43.6 cm³/mol. The summed E-state index contributed by atoms with van der Waals surface area (Å²) < 4.78 is 5.42. The van der Waals surface area contributed by atoms with E-state index in [1.54, 1.807) is 0 Å². The molecule has 1 heterocycles. The van der Waals surface area contributed by atoms with Crippen molar-refractivity contribution in [1.29, 1.82) is 0 Å². The van der Waals surface area contributed by atoms with Gasteiger partial charge in [0, 0.05) is 5.56 Å². The van der Waals surface area contributed by atoms with Crippen LogP contribution in [0.1, 0.15) is 17.2 Å². The Morgan fingerprint density at radius 3 is 3.09 bits per heavy atom. The normalized spacial score (nSPS) is 21.1. The van der Waals surface area contributed by atoms with Gasteiger partial charge in [0.1, 0.15) is 12.4 Å². The van der Waals surface area contributed by atoms with Crippen molar-refractivity contribution in [2.45, 2.75) is 13.0 Å². The second-order valence-corrected chi connectivity index (χ2v) is 2.91. The van der Waals surface area contributed by atoms with Gasteiger partial charge in [-0.05, 0) is 12.5 Å². The van der Waals surface area contributed by atoms with Crippen LogP contribution in [0.25, 0.3) is 0 Å². The van der Waals surface area contributed by atoms with Crippen molar-refractivity contribution in [3.05, 3.63) is 29.3 Å². The van der Waals surface area contributed by atoms with Crippen molar-refractivity contribution >= 4 is 0 Å². The first-order valence-corrected chi connectivity index (χ1v) is 3.77. The molecule has 1 aliphatic heterocycles. The number of ether oxygens (including phenoxy) is 1. The van der Waals surface area contributed by atoms with Gasteiger partial charge in [-0.15, -0.1) is 0 Å². The fourth-order valence-corrected chi connectivity index (χ4v) is 1.43. The Labute approximate surface area is 66.0 Å². The summed E-state index contributed by atoms with van der Waals surface area (Å²) in [5, 5.41) is 0. The fraction of sp³-hybridized carbons (Fsp3) is 0.333. The lowest BCUT2D eigenvalue weighted by Crippen LogP contribution is -2.10. The van der Waals surface area contributed by atoms with Crippen molar-refractivity contribution in [3.8, 4) is 5.75 Å². The molecule has 2 N–H and O–H groups in total. The molecule has 11 heavy (non-hydrogen) atoms. The molecule has 2 rings (SSSR count). The van der Waals surface area contributed by atoms with Crippen LogP contribution < -0.4 is 10.5 Å². The monoisotopic (exact) mass is 149 g/mol. The first-order valence-electron chi connectivity index (χ1n) is 3.77. The molecule has 2 heteroatoms. The Bertz CT molecular complexity index is 283. The van der Waals surface area contributed by atoms with Crippen LogP contribution in [0.5, 0.6) is 5.75 Å². The molecule has 1 aliphatic rings. The SMILES string of the molecule is Cc1cccc2c1OC[C@@H]2N. The number of para-hydroxylation sites is 1. The first-order chi connectivity index (χ1) is 5.29. The van der Waals surface area contributed by atoms with E-state index in [9.17, 15) is 0 Å². The zero-order valence-corrected chi connectivity index (χ0v) is 6.50. The summed E-state index contributed by atoms with van der Waals surface area (Å²) in [6.45, 7) is 2.66. The Morgan fingerprint density at radius 1 is 1.55 bits per heavy atom. The smallest absolute Gasteiger partial charge is 0.127 e. The van der Waals surface area contributed by atoms with Crippen LogP contribution in [0.2, 0.25) is 0 Å². The average Bonchev–Trinajstić information content (AvgIpc) is 2.35. The van der Waals surface area contributed by atoms with E-state index in [1.165, 1.54) is 5.56 Å². The molecule has 0 amide bonds. The molecule has 0 unspecified atom stereocenters. The Kier molecular flexibility index (Phi) is 1.36. The lowest BCUT2D eigenvalue weighted by atomic mass is 10.1. The molecule has 0 saturated heterocycles. The van der Waals surface area contributed by atoms with Crippen molar-refractivity contribution in [1.82, 2.24) is 0 Å². The van der Waals surface area contributed by atoms with Gasteiger partial charge in [0.2, 0.25) is 0 Å². The maximum Gasteiger partial charge on any atom is 0.127 e. The number of fused-ring (bicyclic) bond motifs is 1. The van der Waals surface area contributed by atoms with Crippen LogP contribution in [0.3, 0.4) is 0 Å².